The first kappa shape index (κ1) is 34.8. The van der Waals surface area contributed by atoms with Crippen LogP contribution in [-0.2, 0) is 13.6 Å². The third-order valence-corrected chi connectivity index (χ3v) is 17.4. The molecule has 254 valence electrons. The first-order valence-corrected chi connectivity index (χ1v) is 21.0. The molecule has 1 unspecified atom stereocenters. The summed E-state index contributed by atoms with van der Waals surface area (Å²) in [5.41, 5.74) is 0. The van der Waals surface area contributed by atoms with Crippen molar-refractivity contribution in [2.75, 3.05) is 21.3 Å². The topological polar surface area (TPSA) is 123 Å². The van der Waals surface area contributed by atoms with Crippen molar-refractivity contribution in [1.29, 1.82) is 0 Å². The van der Waals surface area contributed by atoms with Crippen LogP contribution < -0.4 is 22.6 Å². The van der Waals surface area contributed by atoms with Crippen LogP contribution in [0.25, 0.3) is 0 Å². The maximum absolute atomic E-state index is 6.75. The minimum Gasteiger partial charge on any atom is -0.422 e. The van der Waals surface area contributed by atoms with Crippen LogP contribution in [0.4, 0.5) is 0 Å². The summed E-state index contributed by atoms with van der Waals surface area (Å²) in [6, 6.07) is 45.1. The highest BCUT2D eigenvalue weighted by molar-refractivity contribution is 7.79. The highest BCUT2D eigenvalue weighted by Gasteiger charge is 2.46. The molecule has 0 saturated heterocycles. The van der Waals surface area contributed by atoms with Crippen molar-refractivity contribution in [2.45, 2.75) is 0 Å². The number of rotatable bonds is 13. The van der Waals surface area contributed by atoms with Crippen molar-refractivity contribution in [2.24, 2.45) is 18.1 Å². The molecule has 16 heteroatoms. The van der Waals surface area contributed by atoms with Gasteiger partial charge in [-0.3, -0.25) is 0 Å². The zero-order valence-electron chi connectivity index (χ0n) is 26.8. The van der Waals surface area contributed by atoms with Crippen LogP contribution in [0.5, 0.6) is 28.7 Å². The lowest BCUT2D eigenvalue weighted by molar-refractivity contribution is 0.325. The Kier molecular flexibility index (Phi) is 11.1. The molecule has 0 fully saturated rings. The zero-order chi connectivity index (χ0) is 34.0. The first-order chi connectivity index (χ1) is 23.9. The molecule has 0 aromatic heterocycles. The maximum Gasteiger partial charge on any atom is 0.460 e. The third kappa shape index (κ3) is 8.74. The van der Waals surface area contributed by atoms with Crippen LogP contribution in [0, 0.1) is 0 Å². The van der Waals surface area contributed by atoms with Gasteiger partial charge in [-0.1, -0.05) is 95.5 Å². The number of hydrogen-bond donors (Lipinski definition) is 0. The average molecular weight is 739 g/mol. The predicted molar refractivity (Wildman–Crippen MR) is 194 cm³/mol. The van der Waals surface area contributed by atoms with Crippen molar-refractivity contribution in [1.82, 2.24) is 0 Å². The molecule has 0 radical (unpaired) electrons. The second-order valence-electron chi connectivity index (χ2n) is 9.89. The van der Waals surface area contributed by atoms with Gasteiger partial charge in [-0.05, 0) is 60.7 Å². The molecule has 0 N–H and O–H groups in total. The van der Waals surface area contributed by atoms with Gasteiger partial charge < -0.3 is 36.2 Å². The van der Waals surface area contributed by atoms with Gasteiger partial charge in [0.15, 0.2) is 0 Å². The summed E-state index contributed by atoms with van der Waals surface area (Å²) in [6.07, 6.45) is 0. The molecule has 6 rings (SSSR count). The van der Waals surface area contributed by atoms with E-state index in [4.69, 9.17) is 54.3 Å². The molecule has 12 nitrogen and oxygen atoms in total. The van der Waals surface area contributed by atoms with Crippen LogP contribution in [0.3, 0.4) is 0 Å². The summed E-state index contributed by atoms with van der Waals surface area (Å²) in [5, 5.41) is 0. The molecule has 5 aromatic rings. The number of hydrogen-bond acceptors (Lipinski definition) is 12. The van der Waals surface area contributed by atoms with E-state index in [2.05, 4.69) is 0 Å². The Balaban J connectivity index is 1.75. The summed E-state index contributed by atoms with van der Waals surface area (Å²) in [7, 11) is -11.5. The summed E-state index contributed by atoms with van der Waals surface area (Å²) >= 11 is 0. The van der Waals surface area contributed by atoms with E-state index in [0.29, 0.717) is 28.7 Å². The quantitative estimate of drug-likeness (QED) is 0.109. The van der Waals surface area contributed by atoms with Crippen molar-refractivity contribution in [3.8, 4) is 28.7 Å². The van der Waals surface area contributed by atoms with Crippen molar-refractivity contribution in [3.63, 3.8) is 0 Å². The van der Waals surface area contributed by atoms with E-state index >= 15 is 0 Å². The average Bonchev–Trinajstić information content (AvgIpc) is 3.13. The Morgan fingerprint density at radius 2 is 0.490 bits per heavy atom. The van der Waals surface area contributed by atoms with E-state index in [9.17, 15) is 0 Å². The SMILES string of the molecule is COP1(OC)=NP(Oc2ccccc2)(Oc2ccccc2)=NP(Oc2ccccc2)(Oc2ccccc2)=NP(OC)(Oc2ccccc2)=N1. The standard InChI is InChI=1S/C33H34N4O8P4/c1-38-46(39-2)34-47(40-3,41-29-19-9-4-10-20-29)36-49(44-32-25-15-7-16-26-32,45-33-27-17-8-18-28-33)37-48(35-46,42-30-21-11-5-12-22-30)43-31-23-13-6-14-24-31/h4-28H,1-3H3. The van der Waals surface area contributed by atoms with E-state index in [0.717, 1.165) is 0 Å². The van der Waals surface area contributed by atoms with E-state index < -0.39 is 30.6 Å². The lowest BCUT2D eigenvalue weighted by atomic mass is 10.3. The van der Waals surface area contributed by atoms with Crippen LogP contribution in [0.1, 0.15) is 0 Å². The van der Waals surface area contributed by atoms with E-state index in [1.807, 2.05) is 91.0 Å². The second kappa shape index (κ2) is 15.6. The molecule has 5 aromatic carbocycles. The van der Waals surface area contributed by atoms with E-state index in [1.54, 1.807) is 60.7 Å². The van der Waals surface area contributed by atoms with Crippen molar-refractivity contribution in [3.05, 3.63) is 152 Å². The van der Waals surface area contributed by atoms with E-state index in [-0.39, 0.29) is 0 Å². The number of para-hydroxylation sites is 5. The molecule has 0 aliphatic carbocycles. The van der Waals surface area contributed by atoms with Gasteiger partial charge in [0, 0.05) is 21.3 Å². The van der Waals surface area contributed by atoms with Crippen molar-refractivity contribution >= 4 is 30.6 Å². The molecule has 1 aliphatic rings. The Hall–Kier alpha value is -4.10. The lowest BCUT2D eigenvalue weighted by Crippen LogP contribution is -2.08. The minimum atomic E-state index is -4.09. The zero-order valence-corrected chi connectivity index (χ0v) is 30.4. The molecule has 0 bridgehead atoms. The Morgan fingerprint density at radius 1 is 0.286 bits per heavy atom. The summed E-state index contributed by atoms with van der Waals surface area (Å²) in [5.74, 6) is 2.00. The van der Waals surface area contributed by atoms with Gasteiger partial charge in [0.1, 0.15) is 28.7 Å². The van der Waals surface area contributed by atoms with E-state index in [1.165, 1.54) is 21.3 Å². The molecule has 49 heavy (non-hydrogen) atoms. The largest absolute Gasteiger partial charge is 0.460 e. The normalized spacial score (nSPS) is 18.8. The molecule has 0 spiro atoms. The van der Waals surface area contributed by atoms with Crippen LogP contribution in [0.15, 0.2) is 170 Å². The monoisotopic (exact) mass is 738 g/mol. The molecular weight excluding hydrogens is 704 g/mol. The molecule has 0 saturated carbocycles. The molecule has 1 atom stereocenters. The minimum absolute atomic E-state index is 0.394. The van der Waals surface area contributed by atoms with Gasteiger partial charge in [-0.15, -0.1) is 13.5 Å². The number of benzene rings is 5. The van der Waals surface area contributed by atoms with Gasteiger partial charge in [0.05, 0.1) is 0 Å². The second-order valence-corrected chi connectivity index (χ2v) is 18.7. The summed E-state index contributed by atoms with van der Waals surface area (Å²) < 4.78 is 71.9. The van der Waals surface area contributed by atoms with Gasteiger partial charge in [-0.2, -0.15) is 0 Å². The van der Waals surface area contributed by atoms with Crippen LogP contribution in [0.2, 0.25) is 0 Å². The maximum atomic E-state index is 6.75. The highest BCUT2D eigenvalue weighted by atomic mass is 31.3. The fourth-order valence-electron chi connectivity index (χ4n) is 4.29. The smallest absolute Gasteiger partial charge is 0.422 e. The van der Waals surface area contributed by atoms with Gasteiger partial charge >= 0.3 is 30.6 Å². The van der Waals surface area contributed by atoms with Crippen molar-refractivity contribution < 1.29 is 36.2 Å². The van der Waals surface area contributed by atoms with Gasteiger partial charge in [0.2, 0.25) is 0 Å². The summed E-state index contributed by atoms with van der Waals surface area (Å²) in [6.45, 7) is 0. The fraction of sp³-hybridized carbons (Fsp3) is 0.0909. The lowest BCUT2D eigenvalue weighted by Gasteiger charge is -2.32. The molecule has 0 amide bonds. The Bertz CT molecular complexity index is 1960. The highest BCUT2D eigenvalue weighted by Crippen LogP contribution is 2.79. The Labute approximate surface area is 286 Å². The Morgan fingerprint density at radius 3 is 0.755 bits per heavy atom. The predicted octanol–water partition coefficient (Wildman–Crippen LogP) is 12.1. The number of nitrogens with zero attached hydrogens (tertiary/aromatic N) is 4. The first-order valence-electron chi connectivity index (χ1n) is 14.9. The summed E-state index contributed by atoms with van der Waals surface area (Å²) in [4.78, 5) is 0. The van der Waals surface area contributed by atoms with Crippen LogP contribution in [-0.4, -0.2) is 21.3 Å². The fourth-order valence-corrected chi connectivity index (χ4v) is 16.2. The molecular formula is C33H34N4O8P4. The molecule has 1 aliphatic heterocycles. The molecule has 1 heterocycles. The van der Waals surface area contributed by atoms with Gasteiger partial charge in [-0.25, -0.2) is 0 Å². The third-order valence-electron chi connectivity index (χ3n) is 6.46. The van der Waals surface area contributed by atoms with Gasteiger partial charge in [0.25, 0.3) is 0 Å². The van der Waals surface area contributed by atoms with Crippen LogP contribution >= 0.6 is 30.6 Å².